The average Bonchev–Trinajstić information content (AvgIpc) is 2.76. The van der Waals surface area contributed by atoms with Gasteiger partial charge < -0.3 is 10.7 Å². The molecule has 0 aliphatic heterocycles. The summed E-state index contributed by atoms with van der Waals surface area (Å²) in [6.45, 7) is 0.579. The number of rotatable bonds is 4. The molecule has 1 aromatic carbocycles. The van der Waals surface area contributed by atoms with E-state index in [1.54, 1.807) is 0 Å². The molecule has 0 fully saturated rings. The Morgan fingerprint density at radius 1 is 1.00 bits per heavy atom. The zero-order valence-corrected chi connectivity index (χ0v) is 9.26. The van der Waals surface area contributed by atoms with Crippen LogP contribution >= 0.6 is 11.8 Å². The van der Waals surface area contributed by atoms with Gasteiger partial charge in [0.2, 0.25) is 0 Å². The molecule has 0 aliphatic rings. The van der Waals surface area contributed by atoms with E-state index >= 15 is 0 Å². The molecule has 2 aromatic rings. The van der Waals surface area contributed by atoms with Crippen molar-refractivity contribution >= 4 is 11.8 Å². The minimum absolute atomic E-state index is 0.579. The molecule has 0 spiro atoms. The fraction of sp³-hybridized carbons (Fsp3) is 0.167. The van der Waals surface area contributed by atoms with E-state index in [0.29, 0.717) is 6.54 Å². The van der Waals surface area contributed by atoms with Gasteiger partial charge in [-0.05, 0) is 24.3 Å². The van der Waals surface area contributed by atoms with Crippen LogP contribution in [0.15, 0.2) is 47.4 Å². The van der Waals surface area contributed by atoms with E-state index in [2.05, 4.69) is 35.3 Å². The minimum atomic E-state index is 0.579. The summed E-state index contributed by atoms with van der Waals surface area (Å²) in [5, 5.41) is 0. The van der Waals surface area contributed by atoms with E-state index in [9.17, 15) is 0 Å². The number of nitrogens with one attached hydrogen (secondary N) is 1. The van der Waals surface area contributed by atoms with Crippen molar-refractivity contribution < 1.29 is 0 Å². The highest BCUT2D eigenvalue weighted by Crippen LogP contribution is 2.21. The normalized spacial score (nSPS) is 10.5. The van der Waals surface area contributed by atoms with Gasteiger partial charge >= 0.3 is 0 Å². The van der Waals surface area contributed by atoms with E-state index in [1.165, 1.54) is 10.6 Å². The highest BCUT2D eigenvalue weighted by atomic mass is 32.2. The van der Waals surface area contributed by atoms with Crippen LogP contribution in [0.3, 0.4) is 0 Å². The number of aromatic nitrogens is 1. The van der Waals surface area contributed by atoms with Crippen LogP contribution in [0, 0.1) is 0 Å². The number of benzene rings is 1. The molecule has 1 aromatic heterocycles. The molecular formula is C12H14N2S. The van der Waals surface area contributed by atoms with Gasteiger partial charge in [0.05, 0.1) is 0 Å². The summed E-state index contributed by atoms with van der Waals surface area (Å²) < 4.78 is 0. The van der Waals surface area contributed by atoms with Gasteiger partial charge in [0.25, 0.3) is 0 Å². The number of thioether (sulfide) groups is 1. The zero-order chi connectivity index (χ0) is 10.5. The molecule has 0 saturated heterocycles. The molecule has 3 N–H and O–H groups in total. The first kappa shape index (κ1) is 10.3. The Morgan fingerprint density at radius 2 is 1.73 bits per heavy atom. The maximum Gasteiger partial charge on any atom is 0.0383 e. The smallest absolute Gasteiger partial charge is 0.0383 e. The molecule has 0 aliphatic carbocycles. The summed E-state index contributed by atoms with van der Waals surface area (Å²) in [6.07, 6.45) is 0. The summed E-state index contributed by atoms with van der Waals surface area (Å²) >= 11 is 1.83. The molecule has 3 heteroatoms. The van der Waals surface area contributed by atoms with Crippen LogP contribution in [0.5, 0.6) is 0 Å². The molecule has 2 nitrogen and oxygen atoms in total. The molecule has 0 atom stereocenters. The van der Waals surface area contributed by atoms with Crippen molar-refractivity contribution in [2.75, 3.05) is 0 Å². The molecule has 0 radical (unpaired) electrons. The second-order valence-corrected chi connectivity index (χ2v) is 4.36. The third kappa shape index (κ3) is 2.88. The number of H-pyrrole nitrogens is 1. The predicted molar refractivity (Wildman–Crippen MR) is 64.7 cm³/mol. The maximum atomic E-state index is 5.53. The van der Waals surface area contributed by atoms with Crippen LogP contribution in [0.4, 0.5) is 0 Å². The van der Waals surface area contributed by atoms with E-state index < -0.39 is 0 Å². The lowest BCUT2D eigenvalue weighted by Crippen LogP contribution is -1.96. The highest BCUT2D eigenvalue weighted by molar-refractivity contribution is 7.98. The van der Waals surface area contributed by atoms with Crippen molar-refractivity contribution in [1.29, 1.82) is 0 Å². The lowest BCUT2D eigenvalue weighted by molar-refractivity contribution is 0.995. The summed E-state index contributed by atoms with van der Waals surface area (Å²) in [6, 6.07) is 14.5. The van der Waals surface area contributed by atoms with E-state index in [0.717, 1.165) is 11.4 Å². The molecule has 0 amide bonds. The molecule has 0 unspecified atom stereocenters. The van der Waals surface area contributed by atoms with Gasteiger partial charge in [-0.3, -0.25) is 0 Å². The minimum Gasteiger partial charge on any atom is -0.361 e. The predicted octanol–water partition coefficient (Wildman–Crippen LogP) is 2.77. The fourth-order valence-electron chi connectivity index (χ4n) is 1.37. The Kier molecular flexibility index (Phi) is 3.48. The lowest BCUT2D eigenvalue weighted by Gasteiger charge is -1.99. The quantitative estimate of drug-likeness (QED) is 0.775. The standard InChI is InChI=1S/C12H14N2S/c13-8-10-6-7-11(14-10)9-15-12-4-2-1-3-5-12/h1-7,14H,8-9,13H2. The van der Waals surface area contributed by atoms with Crippen LogP contribution < -0.4 is 5.73 Å². The van der Waals surface area contributed by atoms with Gasteiger partial charge in [-0.1, -0.05) is 18.2 Å². The molecule has 78 valence electrons. The first-order valence-corrected chi connectivity index (χ1v) is 5.92. The average molecular weight is 218 g/mol. The van der Waals surface area contributed by atoms with Crippen molar-refractivity contribution in [3.63, 3.8) is 0 Å². The highest BCUT2D eigenvalue weighted by Gasteiger charge is 1.98. The Morgan fingerprint density at radius 3 is 2.40 bits per heavy atom. The van der Waals surface area contributed by atoms with Crippen molar-refractivity contribution in [2.24, 2.45) is 5.73 Å². The van der Waals surface area contributed by atoms with Crippen LogP contribution in [0.2, 0.25) is 0 Å². The third-order valence-electron chi connectivity index (χ3n) is 2.16. The summed E-state index contributed by atoms with van der Waals surface area (Å²) in [5.41, 5.74) is 7.85. The Balaban J connectivity index is 1.93. The second kappa shape index (κ2) is 5.05. The fourth-order valence-corrected chi connectivity index (χ4v) is 2.21. The van der Waals surface area contributed by atoms with E-state index in [-0.39, 0.29) is 0 Å². The molecule has 0 bridgehead atoms. The largest absolute Gasteiger partial charge is 0.361 e. The third-order valence-corrected chi connectivity index (χ3v) is 3.23. The molecule has 1 heterocycles. The van der Waals surface area contributed by atoms with Gasteiger partial charge in [-0.2, -0.15) is 0 Å². The number of aromatic amines is 1. The van der Waals surface area contributed by atoms with Crippen LogP contribution in [-0.2, 0) is 12.3 Å². The van der Waals surface area contributed by atoms with Crippen LogP contribution in [0.25, 0.3) is 0 Å². The number of nitrogens with two attached hydrogens (primary N) is 1. The van der Waals surface area contributed by atoms with Crippen molar-refractivity contribution in [3.05, 3.63) is 53.9 Å². The van der Waals surface area contributed by atoms with E-state index in [4.69, 9.17) is 5.73 Å². The summed E-state index contributed by atoms with van der Waals surface area (Å²) in [4.78, 5) is 4.58. The second-order valence-electron chi connectivity index (χ2n) is 3.31. The van der Waals surface area contributed by atoms with Gasteiger partial charge in [-0.15, -0.1) is 11.8 Å². The SMILES string of the molecule is NCc1ccc(CSc2ccccc2)[nH]1. The first-order chi connectivity index (χ1) is 7.38. The van der Waals surface area contributed by atoms with Gasteiger partial charge in [0, 0.05) is 28.6 Å². The van der Waals surface area contributed by atoms with Gasteiger partial charge in [0.15, 0.2) is 0 Å². The van der Waals surface area contributed by atoms with Crippen molar-refractivity contribution in [1.82, 2.24) is 4.98 Å². The molecular weight excluding hydrogens is 204 g/mol. The van der Waals surface area contributed by atoms with Gasteiger partial charge in [0.1, 0.15) is 0 Å². The maximum absolute atomic E-state index is 5.53. The van der Waals surface area contributed by atoms with Crippen LogP contribution in [-0.4, -0.2) is 4.98 Å². The number of hydrogen-bond acceptors (Lipinski definition) is 2. The summed E-state index contributed by atoms with van der Waals surface area (Å²) in [7, 11) is 0. The first-order valence-electron chi connectivity index (χ1n) is 4.93. The zero-order valence-electron chi connectivity index (χ0n) is 8.44. The molecule has 15 heavy (non-hydrogen) atoms. The van der Waals surface area contributed by atoms with Crippen LogP contribution in [0.1, 0.15) is 11.4 Å². The van der Waals surface area contributed by atoms with Crippen molar-refractivity contribution in [3.8, 4) is 0 Å². The Hall–Kier alpha value is -1.19. The lowest BCUT2D eigenvalue weighted by atomic mass is 10.4. The Labute approximate surface area is 93.9 Å². The summed E-state index contributed by atoms with van der Waals surface area (Å²) in [5.74, 6) is 0.962. The number of hydrogen-bond donors (Lipinski definition) is 2. The monoisotopic (exact) mass is 218 g/mol. The van der Waals surface area contributed by atoms with Gasteiger partial charge in [-0.25, -0.2) is 0 Å². The van der Waals surface area contributed by atoms with Crippen molar-refractivity contribution in [2.45, 2.75) is 17.2 Å². The Bertz CT molecular complexity index is 409. The molecule has 2 rings (SSSR count). The molecule has 0 saturated carbocycles. The topological polar surface area (TPSA) is 41.8 Å². The van der Waals surface area contributed by atoms with E-state index in [1.807, 2.05) is 23.9 Å².